The zero-order valence-corrected chi connectivity index (χ0v) is 24.2. The molecule has 4 aromatic carbocycles. The van der Waals surface area contributed by atoms with Gasteiger partial charge in [-0.15, -0.1) is 0 Å². The third kappa shape index (κ3) is 5.47. The second-order valence-corrected chi connectivity index (χ2v) is 11.5. The first kappa shape index (κ1) is 27.2. The first-order chi connectivity index (χ1) is 21.0. The van der Waals surface area contributed by atoms with Gasteiger partial charge in [-0.25, -0.2) is 13.8 Å². The normalized spacial score (nSPS) is 14.9. The van der Waals surface area contributed by atoms with Gasteiger partial charge in [0.05, 0.1) is 33.8 Å². The molecule has 5 nitrogen and oxygen atoms in total. The highest BCUT2D eigenvalue weighted by atomic mass is 35.5. The third-order valence-corrected chi connectivity index (χ3v) is 8.50. The molecular weight excluding hydrogens is 584 g/mol. The van der Waals surface area contributed by atoms with Crippen LogP contribution >= 0.6 is 23.4 Å². The maximum Gasteiger partial charge on any atom is 0.165 e. The Bertz CT molecular complexity index is 2020. The number of halogens is 3. The molecule has 3 heterocycles. The number of thioether (sulfide) groups is 1. The average molecular weight is 608 g/mol. The molecule has 6 aromatic rings. The lowest BCUT2D eigenvalue weighted by molar-refractivity contribution is 0.626. The topological polar surface area (TPSA) is 54.2 Å². The largest absolute Gasteiger partial charge is 0.355 e. The molecule has 1 aliphatic rings. The summed E-state index contributed by atoms with van der Waals surface area (Å²) in [5.41, 5.74) is 9.88. The highest BCUT2D eigenvalue weighted by Gasteiger charge is 2.20. The number of fused-ring (bicyclic) bond motifs is 3. The van der Waals surface area contributed by atoms with Gasteiger partial charge >= 0.3 is 0 Å². The number of hydrogen-bond acceptors (Lipinski definition) is 5. The van der Waals surface area contributed by atoms with Gasteiger partial charge < -0.3 is 9.88 Å². The molecule has 1 atom stereocenters. The summed E-state index contributed by atoms with van der Waals surface area (Å²) in [6, 6.07) is 30.8. The quantitative estimate of drug-likeness (QED) is 0.141. The number of aromatic nitrogens is 2. The lowest BCUT2D eigenvalue weighted by Crippen LogP contribution is -2.31. The zero-order chi connectivity index (χ0) is 29.3. The lowest BCUT2D eigenvalue weighted by Gasteiger charge is -2.13. The molecule has 1 aliphatic heterocycles. The molecule has 0 fully saturated rings. The van der Waals surface area contributed by atoms with E-state index < -0.39 is 0 Å². The molecule has 0 saturated heterocycles. The van der Waals surface area contributed by atoms with Crippen LogP contribution < -0.4 is 10.7 Å². The molecule has 2 N–H and O–H groups in total. The van der Waals surface area contributed by atoms with Crippen molar-refractivity contribution in [2.75, 3.05) is 0 Å². The molecule has 0 saturated carbocycles. The standard InChI is InChI=1S/C34H24ClF2N5S/c35-29-7-3-1-6-27(29)32-33-28(26-5-2-4-8-31(26)42(33)19-21-9-13-23(36)14-10-21)17-25(39-32)18-38-41-34-40-30(20-43-34)22-11-15-24(37)16-12-22/h1-18,20,34,40-41H,19H2/b38-18+. The van der Waals surface area contributed by atoms with Crippen LogP contribution in [0.1, 0.15) is 16.8 Å². The van der Waals surface area contributed by atoms with E-state index in [1.807, 2.05) is 47.9 Å². The third-order valence-electron chi connectivity index (χ3n) is 7.30. The van der Waals surface area contributed by atoms with Gasteiger partial charge in [-0.2, -0.15) is 5.10 Å². The van der Waals surface area contributed by atoms with E-state index in [0.717, 1.165) is 49.9 Å². The average Bonchev–Trinajstić information content (AvgIpc) is 3.62. The van der Waals surface area contributed by atoms with Gasteiger partial charge in [-0.1, -0.05) is 71.9 Å². The van der Waals surface area contributed by atoms with Crippen LogP contribution in [0.4, 0.5) is 8.78 Å². The van der Waals surface area contributed by atoms with Crippen molar-refractivity contribution in [1.82, 2.24) is 20.3 Å². The summed E-state index contributed by atoms with van der Waals surface area (Å²) in [5.74, 6) is -0.538. The molecular formula is C34H24ClF2N5S. The number of benzene rings is 4. The van der Waals surface area contributed by atoms with Crippen LogP contribution in [0.25, 0.3) is 38.8 Å². The number of nitrogens with zero attached hydrogens (tertiary/aromatic N) is 3. The predicted molar refractivity (Wildman–Crippen MR) is 173 cm³/mol. The fourth-order valence-corrected chi connectivity index (χ4v) is 6.32. The van der Waals surface area contributed by atoms with Crippen LogP contribution in [0, 0.1) is 11.6 Å². The summed E-state index contributed by atoms with van der Waals surface area (Å²) >= 11 is 8.27. The summed E-state index contributed by atoms with van der Waals surface area (Å²) in [4.78, 5) is 5.05. The Hall–Kier alpha value is -4.66. The molecule has 9 heteroatoms. The van der Waals surface area contributed by atoms with Gasteiger partial charge in [-0.3, -0.25) is 5.43 Å². The van der Waals surface area contributed by atoms with E-state index >= 15 is 0 Å². The maximum atomic E-state index is 13.7. The van der Waals surface area contributed by atoms with Gasteiger partial charge in [0.2, 0.25) is 0 Å². The van der Waals surface area contributed by atoms with Crippen LogP contribution in [0.15, 0.2) is 114 Å². The SMILES string of the molecule is Fc1ccc(Cn2c3ccccc3c3cc(/C=N/NC4NC(c5ccc(F)cc5)=CS4)nc(-c4ccccc4Cl)c32)cc1. The Labute approximate surface area is 255 Å². The molecule has 2 aromatic heterocycles. The minimum absolute atomic E-state index is 0.194. The van der Waals surface area contributed by atoms with Crippen molar-refractivity contribution < 1.29 is 8.78 Å². The van der Waals surface area contributed by atoms with Crippen LogP contribution in [-0.4, -0.2) is 21.3 Å². The molecule has 1 unspecified atom stereocenters. The van der Waals surface area contributed by atoms with Crippen LogP contribution in [0.3, 0.4) is 0 Å². The molecule has 7 rings (SSSR count). The van der Waals surface area contributed by atoms with Crippen LogP contribution in [-0.2, 0) is 6.54 Å². The number of para-hydroxylation sites is 1. The molecule has 0 radical (unpaired) electrons. The van der Waals surface area contributed by atoms with Gasteiger partial charge in [0.1, 0.15) is 11.6 Å². The van der Waals surface area contributed by atoms with E-state index in [1.165, 1.54) is 36.0 Å². The highest BCUT2D eigenvalue weighted by Crippen LogP contribution is 2.38. The minimum atomic E-state index is -0.270. The second kappa shape index (κ2) is 11.6. The number of hydrazone groups is 1. The zero-order valence-electron chi connectivity index (χ0n) is 22.6. The fraction of sp³-hybridized carbons (Fsp3) is 0.0588. The summed E-state index contributed by atoms with van der Waals surface area (Å²) in [7, 11) is 0. The summed E-state index contributed by atoms with van der Waals surface area (Å²) < 4.78 is 29.2. The lowest BCUT2D eigenvalue weighted by atomic mass is 10.1. The molecule has 212 valence electrons. The van der Waals surface area contributed by atoms with E-state index in [-0.39, 0.29) is 17.1 Å². The van der Waals surface area contributed by atoms with Crippen molar-refractivity contribution >= 4 is 57.1 Å². The number of nitrogens with one attached hydrogen (secondary N) is 2. The first-order valence-electron chi connectivity index (χ1n) is 13.6. The predicted octanol–water partition coefficient (Wildman–Crippen LogP) is 8.38. The second-order valence-electron chi connectivity index (χ2n) is 10.1. The monoisotopic (exact) mass is 607 g/mol. The fourth-order valence-electron chi connectivity index (χ4n) is 5.30. The molecule has 0 spiro atoms. The Morgan fingerprint density at radius 1 is 0.907 bits per heavy atom. The van der Waals surface area contributed by atoms with Crippen molar-refractivity contribution in [2.24, 2.45) is 5.10 Å². The number of hydrogen-bond donors (Lipinski definition) is 2. The van der Waals surface area contributed by atoms with Crippen molar-refractivity contribution in [1.29, 1.82) is 0 Å². The molecule has 0 bridgehead atoms. The summed E-state index contributed by atoms with van der Waals surface area (Å²) in [6.07, 6.45) is 1.70. The summed E-state index contributed by atoms with van der Waals surface area (Å²) in [5, 5.41) is 12.5. The Balaban J connectivity index is 1.26. The molecule has 0 amide bonds. The van der Waals surface area contributed by atoms with Crippen molar-refractivity contribution in [3.63, 3.8) is 0 Å². The Kier molecular flexibility index (Phi) is 7.30. The van der Waals surface area contributed by atoms with E-state index in [0.29, 0.717) is 17.3 Å². The minimum Gasteiger partial charge on any atom is -0.355 e. The van der Waals surface area contributed by atoms with E-state index in [1.54, 1.807) is 30.5 Å². The summed E-state index contributed by atoms with van der Waals surface area (Å²) in [6.45, 7) is 0.534. The van der Waals surface area contributed by atoms with E-state index in [9.17, 15) is 8.78 Å². The Morgan fingerprint density at radius 2 is 1.63 bits per heavy atom. The van der Waals surface area contributed by atoms with Crippen molar-refractivity contribution in [3.05, 3.63) is 142 Å². The smallest absolute Gasteiger partial charge is 0.165 e. The molecule has 0 aliphatic carbocycles. The number of pyridine rings is 1. The number of rotatable bonds is 7. The van der Waals surface area contributed by atoms with E-state index in [2.05, 4.69) is 32.5 Å². The van der Waals surface area contributed by atoms with Gasteiger partial charge in [0.25, 0.3) is 0 Å². The van der Waals surface area contributed by atoms with Crippen molar-refractivity contribution in [3.8, 4) is 11.3 Å². The highest BCUT2D eigenvalue weighted by molar-refractivity contribution is 8.03. The van der Waals surface area contributed by atoms with Crippen LogP contribution in [0.2, 0.25) is 5.02 Å². The van der Waals surface area contributed by atoms with Crippen LogP contribution in [0.5, 0.6) is 0 Å². The van der Waals surface area contributed by atoms with E-state index in [4.69, 9.17) is 16.6 Å². The van der Waals surface area contributed by atoms with Gasteiger partial charge in [0.15, 0.2) is 5.50 Å². The maximum absolute atomic E-state index is 13.7. The van der Waals surface area contributed by atoms with Crippen molar-refractivity contribution in [2.45, 2.75) is 12.0 Å². The van der Waals surface area contributed by atoms with Gasteiger partial charge in [0, 0.05) is 28.4 Å². The molecule has 43 heavy (non-hydrogen) atoms. The Morgan fingerprint density at radius 3 is 2.42 bits per heavy atom. The van der Waals surface area contributed by atoms with Gasteiger partial charge in [-0.05, 0) is 71.1 Å². The first-order valence-corrected chi connectivity index (χ1v) is 14.9.